The molecule has 0 radical (unpaired) electrons. The molecule has 29 heavy (non-hydrogen) atoms. The van der Waals surface area contributed by atoms with Crippen molar-refractivity contribution in [3.8, 4) is 0 Å². The predicted molar refractivity (Wildman–Crippen MR) is 108 cm³/mol. The highest BCUT2D eigenvalue weighted by molar-refractivity contribution is 7.98. The molecule has 0 bridgehead atoms. The molecule has 9 nitrogen and oxygen atoms in total. The molecule has 0 N–H and O–H groups in total. The van der Waals surface area contributed by atoms with Crippen LogP contribution < -0.4 is 5.56 Å². The summed E-state index contributed by atoms with van der Waals surface area (Å²) in [6, 6.07) is 14.0. The van der Waals surface area contributed by atoms with Gasteiger partial charge in [-0.1, -0.05) is 48.2 Å². The Bertz CT molecular complexity index is 1150. The molecule has 148 valence electrons. The topological polar surface area (TPSA) is 121 Å². The van der Waals surface area contributed by atoms with Crippen molar-refractivity contribution >= 4 is 23.1 Å². The highest BCUT2D eigenvalue weighted by atomic mass is 32.2. The van der Waals surface area contributed by atoms with Crippen LogP contribution in [0.1, 0.15) is 16.8 Å². The first-order valence-corrected chi connectivity index (χ1v) is 9.51. The Morgan fingerprint density at radius 2 is 1.52 bits per heavy atom. The molecule has 0 aliphatic carbocycles. The van der Waals surface area contributed by atoms with Crippen LogP contribution in [-0.4, -0.2) is 19.4 Å². The third-order valence-corrected chi connectivity index (χ3v) is 5.28. The fourth-order valence-electron chi connectivity index (χ4n) is 2.84. The number of para-hydroxylation sites is 2. The van der Waals surface area contributed by atoms with Gasteiger partial charge in [0.1, 0.15) is 0 Å². The summed E-state index contributed by atoms with van der Waals surface area (Å²) in [7, 11) is 0. The van der Waals surface area contributed by atoms with Crippen LogP contribution in [-0.2, 0) is 12.3 Å². The summed E-state index contributed by atoms with van der Waals surface area (Å²) in [4.78, 5) is 37.6. The van der Waals surface area contributed by atoms with Crippen molar-refractivity contribution in [3.05, 3.63) is 102 Å². The summed E-state index contributed by atoms with van der Waals surface area (Å²) in [5, 5.41) is 22.9. The number of hydrogen-bond donors (Lipinski definition) is 0. The minimum absolute atomic E-state index is 0.0137. The number of nitrogens with zero attached hydrogens (tertiary/aromatic N) is 4. The van der Waals surface area contributed by atoms with Crippen LogP contribution in [0.2, 0.25) is 0 Å². The van der Waals surface area contributed by atoms with Gasteiger partial charge in [0, 0.05) is 40.8 Å². The number of nitro groups is 2. The molecule has 0 aliphatic heterocycles. The van der Waals surface area contributed by atoms with Gasteiger partial charge in [-0.2, -0.15) is 4.98 Å². The number of thioether (sulfide) groups is 1. The number of hydrogen-bond acceptors (Lipinski definition) is 7. The van der Waals surface area contributed by atoms with Gasteiger partial charge in [-0.05, 0) is 6.92 Å². The maximum absolute atomic E-state index is 11.9. The zero-order valence-corrected chi connectivity index (χ0v) is 16.2. The van der Waals surface area contributed by atoms with Gasteiger partial charge in [0.2, 0.25) is 0 Å². The second-order valence-electron chi connectivity index (χ2n) is 6.16. The van der Waals surface area contributed by atoms with Crippen LogP contribution in [0.25, 0.3) is 0 Å². The zero-order chi connectivity index (χ0) is 21.0. The van der Waals surface area contributed by atoms with E-state index >= 15 is 0 Å². The van der Waals surface area contributed by atoms with Crippen molar-refractivity contribution in [1.29, 1.82) is 0 Å². The van der Waals surface area contributed by atoms with E-state index in [0.717, 1.165) is 0 Å². The van der Waals surface area contributed by atoms with Gasteiger partial charge in [-0.15, -0.1) is 0 Å². The Hall–Kier alpha value is -3.53. The molecule has 0 aliphatic rings. The second-order valence-corrected chi connectivity index (χ2v) is 7.11. The fourth-order valence-corrected chi connectivity index (χ4v) is 3.89. The molecular formula is C19H16N4O5S. The smallest absolute Gasteiger partial charge is 0.274 e. The first kappa shape index (κ1) is 20.2. The number of benzene rings is 2. The van der Waals surface area contributed by atoms with Gasteiger partial charge < -0.3 is 4.57 Å². The molecule has 0 saturated heterocycles. The summed E-state index contributed by atoms with van der Waals surface area (Å²) >= 11 is 1.17. The van der Waals surface area contributed by atoms with E-state index < -0.39 is 15.4 Å². The van der Waals surface area contributed by atoms with E-state index in [1.54, 1.807) is 47.9 Å². The van der Waals surface area contributed by atoms with E-state index in [1.165, 1.54) is 30.0 Å². The quantitative estimate of drug-likeness (QED) is 0.251. The molecule has 0 atom stereocenters. The molecule has 1 aromatic heterocycles. The summed E-state index contributed by atoms with van der Waals surface area (Å²) in [6.07, 6.45) is 0. The summed E-state index contributed by atoms with van der Waals surface area (Å²) in [5.74, 6) is 0.226. The van der Waals surface area contributed by atoms with Gasteiger partial charge >= 0.3 is 0 Å². The monoisotopic (exact) mass is 412 g/mol. The lowest BCUT2D eigenvalue weighted by atomic mass is 10.2. The van der Waals surface area contributed by atoms with Gasteiger partial charge in [0.15, 0.2) is 5.16 Å². The first-order chi connectivity index (χ1) is 13.9. The molecule has 0 amide bonds. The van der Waals surface area contributed by atoms with Gasteiger partial charge in [-0.25, -0.2) is 0 Å². The van der Waals surface area contributed by atoms with Crippen molar-refractivity contribution in [1.82, 2.24) is 9.55 Å². The molecule has 0 fully saturated rings. The largest absolute Gasteiger partial charge is 0.320 e. The molecule has 3 aromatic rings. The summed E-state index contributed by atoms with van der Waals surface area (Å²) in [6.45, 7) is 1.86. The first-order valence-electron chi connectivity index (χ1n) is 8.52. The molecule has 0 saturated carbocycles. The molecule has 3 rings (SSSR count). The van der Waals surface area contributed by atoms with Gasteiger partial charge in [0.05, 0.1) is 16.4 Å². The number of aryl methyl sites for hydroxylation is 1. The van der Waals surface area contributed by atoms with Crippen LogP contribution in [0.15, 0.2) is 64.5 Å². The van der Waals surface area contributed by atoms with E-state index in [1.807, 2.05) is 0 Å². The molecule has 10 heteroatoms. The zero-order valence-electron chi connectivity index (χ0n) is 15.3. The average molecular weight is 412 g/mol. The van der Waals surface area contributed by atoms with Crippen molar-refractivity contribution in [2.75, 3.05) is 0 Å². The second kappa shape index (κ2) is 8.65. The lowest BCUT2D eigenvalue weighted by Crippen LogP contribution is -2.18. The van der Waals surface area contributed by atoms with Gasteiger partial charge in [-0.3, -0.25) is 25.0 Å². The minimum atomic E-state index is -0.458. The molecule has 0 spiro atoms. The van der Waals surface area contributed by atoms with Crippen LogP contribution in [0.4, 0.5) is 11.4 Å². The van der Waals surface area contributed by atoms with E-state index in [4.69, 9.17) is 0 Å². The van der Waals surface area contributed by atoms with Crippen molar-refractivity contribution in [2.45, 2.75) is 24.4 Å². The lowest BCUT2D eigenvalue weighted by Gasteiger charge is -2.15. The number of nitro benzene ring substituents is 2. The Morgan fingerprint density at radius 3 is 2.14 bits per heavy atom. The highest BCUT2D eigenvalue weighted by Crippen LogP contribution is 2.28. The Kier molecular flexibility index (Phi) is 6.03. The summed E-state index contributed by atoms with van der Waals surface area (Å²) < 4.78 is 1.70. The highest BCUT2D eigenvalue weighted by Gasteiger charge is 2.18. The maximum Gasteiger partial charge on any atom is 0.274 e. The normalized spacial score (nSPS) is 10.7. The molecule has 1 heterocycles. The third-order valence-electron chi connectivity index (χ3n) is 4.26. The van der Waals surface area contributed by atoms with Crippen molar-refractivity contribution in [3.63, 3.8) is 0 Å². The maximum atomic E-state index is 11.9. The van der Waals surface area contributed by atoms with Crippen molar-refractivity contribution in [2.24, 2.45) is 0 Å². The van der Waals surface area contributed by atoms with E-state index in [-0.39, 0.29) is 23.7 Å². The van der Waals surface area contributed by atoms with E-state index in [0.29, 0.717) is 22.0 Å². The Morgan fingerprint density at radius 1 is 0.966 bits per heavy atom. The standard InChI is InChI=1S/C19H16N4O5S/c1-13-10-18(24)20-19(29-12-15-7-3-5-9-17(15)23(27)28)21(13)11-14-6-2-4-8-16(14)22(25)26/h2-10H,11-12H2,1H3. The van der Waals surface area contributed by atoms with Crippen LogP contribution in [0.3, 0.4) is 0 Å². The van der Waals surface area contributed by atoms with Crippen molar-refractivity contribution < 1.29 is 9.85 Å². The Balaban J connectivity index is 1.96. The van der Waals surface area contributed by atoms with E-state index in [2.05, 4.69) is 4.98 Å². The number of aromatic nitrogens is 2. The number of rotatable bonds is 7. The fraction of sp³-hybridized carbons (Fsp3) is 0.158. The third kappa shape index (κ3) is 4.66. The molecular weight excluding hydrogens is 396 g/mol. The van der Waals surface area contributed by atoms with Gasteiger partial charge in [0.25, 0.3) is 16.9 Å². The van der Waals surface area contributed by atoms with Crippen LogP contribution >= 0.6 is 11.8 Å². The molecule has 0 unspecified atom stereocenters. The van der Waals surface area contributed by atoms with E-state index in [9.17, 15) is 25.0 Å². The average Bonchev–Trinajstić information content (AvgIpc) is 2.69. The lowest BCUT2D eigenvalue weighted by molar-refractivity contribution is -0.385. The molecule has 2 aromatic carbocycles. The Labute approximate surface area is 169 Å². The predicted octanol–water partition coefficient (Wildman–Crippen LogP) is 3.71. The van der Waals surface area contributed by atoms with Crippen LogP contribution in [0.5, 0.6) is 0 Å². The minimum Gasteiger partial charge on any atom is -0.320 e. The SMILES string of the molecule is Cc1cc(=O)nc(SCc2ccccc2[N+](=O)[O-])n1Cc1ccccc1[N+](=O)[O-]. The summed E-state index contributed by atoms with van der Waals surface area (Å²) in [5.41, 5.74) is 1.08. The van der Waals surface area contributed by atoms with Crippen LogP contribution in [0, 0.1) is 27.2 Å².